The van der Waals surface area contributed by atoms with Crippen molar-refractivity contribution in [3.63, 3.8) is 0 Å². The van der Waals surface area contributed by atoms with Crippen LogP contribution < -0.4 is 9.80 Å². The zero-order valence-electron chi connectivity index (χ0n) is 11.4. The van der Waals surface area contributed by atoms with Crippen molar-refractivity contribution in [1.29, 1.82) is 0 Å². The summed E-state index contributed by atoms with van der Waals surface area (Å²) in [5.74, 6) is 0. The molecule has 1 unspecified atom stereocenters. The molecule has 0 aromatic heterocycles. The molecule has 2 atom stereocenters. The van der Waals surface area contributed by atoms with Crippen LogP contribution in [0.5, 0.6) is 0 Å². The van der Waals surface area contributed by atoms with Crippen LogP contribution in [0.15, 0.2) is 24.3 Å². The van der Waals surface area contributed by atoms with Crippen molar-refractivity contribution in [1.82, 2.24) is 0 Å². The van der Waals surface area contributed by atoms with E-state index < -0.39 is 0 Å². The number of likely N-dealkylation sites (N-methyl/N-ethyl adjacent to an activating group) is 2. The minimum absolute atomic E-state index is 0.823. The summed E-state index contributed by atoms with van der Waals surface area (Å²) >= 11 is 0. The molecular weight excluding hydrogens is 208 g/mol. The second-order valence-electron chi connectivity index (χ2n) is 5.76. The fourth-order valence-electron chi connectivity index (χ4n) is 2.77. The summed E-state index contributed by atoms with van der Waals surface area (Å²) in [6.45, 7) is 2.55. The van der Waals surface area contributed by atoms with Crippen LogP contribution in [0, 0.1) is 0 Å². The topological polar surface area (TPSA) is 8.88 Å². The highest BCUT2D eigenvalue weighted by molar-refractivity contribution is 5.29. The number of aryl methyl sites for hydroxylation is 1. The van der Waals surface area contributed by atoms with Gasteiger partial charge in [0.25, 0.3) is 0 Å². The first-order chi connectivity index (χ1) is 8.16. The van der Waals surface area contributed by atoms with Gasteiger partial charge in [-0.2, -0.15) is 0 Å². The van der Waals surface area contributed by atoms with Crippen LogP contribution in [0.2, 0.25) is 0 Å². The Kier molecular flexibility index (Phi) is 4.19. The molecule has 1 aliphatic rings. The summed E-state index contributed by atoms with van der Waals surface area (Å²) in [4.78, 5) is 3.27. The minimum atomic E-state index is 0.823. The summed E-state index contributed by atoms with van der Waals surface area (Å²) in [6, 6.07) is 9.78. The maximum atomic E-state index is 2.36. The molecule has 0 bridgehead atoms. The predicted molar refractivity (Wildman–Crippen MR) is 71.7 cm³/mol. The first kappa shape index (κ1) is 12.6. The normalized spacial score (nSPS) is 21.3. The van der Waals surface area contributed by atoms with E-state index in [0.29, 0.717) is 0 Å². The number of rotatable bonds is 4. The van der Waals surface area contributed by atoms with E-state index in [1.165, 1.54) is 32.4 Å². The monoisotopic (exact) mass is 234 g/mol. The number of quaternary nitrogens is 2. The van der Waals surface area contributed by atoms with E-state index in [-0.39, 0.29) is 0 Å². The second-order valence-corrected chi connectivity index (χ2v) is 5.76. The van der Waals surface area contributed by atoms with Gasteiger partial charge >= 0.3 is 0 Å². The molecule has 0 aliphatic heterocycles. The Morgan fingerprint density at radius 1 is 1.06 bits per heavy atom. The van der Waals surface area contributed by atoms with Gasteiger partial charge in [0, 0.05) is 12.8 Å². The third kappa shape index (κ3) is 3.30. The average Bonchev–Trinajstić information content (AvgIpc) is 2.35. The number of benzene rings is 1. The Morgan fingerprint density at radius 2 is 1.76 bits per heavy atom. The van der Waals surface area contributed by atoms with Gasteiger partial charge in [-0.1, -0.05) is 24.3 Å². The van der Waals surface area contributed by atoms with Crippen molar-refractivity contribution < 1.29 is 9.80 Å². The highest BCUT2D eigenvalue weighted by Gasteiger charge is 2.24. The Balaban J connectivity index is 1.93. The van der Waals surface area contributed by atoms with Crippen LogP contribution in [-0.2, 0) is 12.8 Å². The van der Waals surface area contributed by atoms with Gasteiger partial charge in [-0.15, -0.1) is 0 Å². The van der Waals surface area contributed by atoms with E-state index >= 15 is 0 Å². The quantitative estimate of drug-likeness (QED) is 0.675. The van der Waals surface area contributed by atoms with Gasteiger partial charge in [0.2, 0.25) is 0 Å². The smallest absolute Gasteiger partial charge is 0.127 e. The zero-order valence-corrected chi connectivity index (χ0v) is 11.4. The first-order valence-electron chi connectivity index (χ1n) is 6.85. The van der Waals surface area contributed by atoms with Gasteiger partial charge in [-0.25, -0.2) is 0 Å². The molecule has 0 saturated carbocycles. The third-order valence-corrected chi connectivity index (χ3v) is 4.06. The van der Waals surface area contributed by atoms with Gasteiger partial charge in [0.1, 0.15) is 13.1 Å². The van der Waals surface area contributed by atoms with Gasteiger partial charge in [0.15, 0.2) is 0 Å². The highest BCUT2D eigenvalue weighted by atomic mass is 15.2. The molecule has 2 rings (SSSR count). The fraction of sp³-hybridized carbons (Fsp3) is 0.600. The molecule has 0 heterocycles. The van der Waals surface area contributed by atoms with Crippen molar-refractivity contribution in [2.75, 3.05) is 34.2 Å². The molecule has 0 radical (unpaired) electrons. The van der Waals surface area contributed by atoms with Gasteiger partial charge < -0.3 is 9.80 Å². The molecule has 94 valence electrons. The lowest BCUT2D eigenvalue weighted by molar-refractivity contribution is -0.945. The van der Waals surface area contributed by atoms with E-state index in [1.807, 2.05) is 0 Å². The molecular formula is C15H26N2+2. The van der Waals surface area contributed by atoms with Gasteiger partial charge in [-0.3, -0.25) is 0 Å². The fourth-order valence-corrected chi connectivity index (χ4v) is 2.77. The van der Waals surface area contributed by atoms with Crippen molar-refractivity contribution >= 4 is 0 Å². The Hall–Kier alpha value is -0.860. The van der Waals surface area contributed by atoms with Crippen LogP contribution in [0.25, 0.3) is 0 Å². The summed E-state index contributed by atoms with van der Waals surface area (Å²) in [7, 11) is 6.84. The summed E-state index contributed by atoms with van der Waals surface area (Å²) in [6.07, 6.45) is 3.89. The van der Waals surface area contributed by atoms with Gasteiger partial charge in [-0.05, 0) is 17.5 Å². The largest absolute Gasteiger partial charge is 0.335 e. The number of nitrogens with one attached hydrogen (secondary N) is 2. The molecule has 0 amide bonds. The number of hydrogen-bond acceptors (Lipinski definition) is 0. The molecule has 2 heteroatoms. The molecule has 0 spiro atoms. The average molecular weight is 234 g/mol. The number of hydrogen-bond donors (Lipinski definition) is 2. The van der Waals surface area contributed by atoms with E-state index in [4.69, 9.17) is 0 Å². The molecule has 1 aromatic carbocycles. The summed E-state index contributed by atoms with van der Waals surface area (Å²) < 4.78 is 0. The highest BCUT2D eigenvalue weighted by Crippen LogP contribution is 2.19. The van der Waals surface area contributed by atoms with Crippen LogP contribution in [0.4, 0.5) is 0 Å². The maximum absolute atomic E-state index is 2.36. The van der Waals surface area contributed by atoms with Crippen LogP contribution in [-0.4, -0.2) is 40.3 Å². The third-order valence-electron chi connectivity index (χ3n) is 4.06. The molecule has 0 saturated heterocycles. The van der Waals surface area contributed by atoms with Crippen molar-refractivity contribution in [3.8, 4) is 0 Å². The Morgan fingerprint density at radius 3 is 2.47 bits per heavy atom. The summed E-state index contributed by atoms with van der Waals surface area (Å²) in [5, 5.41) is 0. The van der Waals surface area contributed by atoms with Crippen LogP contribution >= 0.6 is 0 Å². The molecule has 17 heavy (non-hydrogen) atoms. The molecule has 0 fully saturated rings. The lowest BCUT2D eigenvalue weighted by Crippen LogP contribution is -3.19. The van der Waals surface area contributed by atoms with E-state index in [2.05, 4.69) is 45.4 Å². The van der Waals surface area contributed by atoms with Crippen LogP contribution in [0.3, 0.4) is 0 Å². The first-order valence-corrected chi connectivity index (χ1v) is 6.85. The lowest BCUT2D eigenvalue weighted by atomic mass is 9.88. The molecule has 1 aromatic rings. The minimum Gasteiger partial charge on any atom is -0.335 e. The zero-order chi connectivity index (χ0) is 12.3. The van der Waals surface area contributed by atoms with E-state index in [0.717, 1.165) is 6.04 Å². The molecule has 2 nitrogen and oxygen atoms in total. The predicted octanol–water partition coefficient (Wildman–Crippen LogP) is -0.797. The second kappa shape index (κ2) is 5.65. The van der Waals surface area contributed by atoms with Gasteiger partial charge in [0.05, 0.1) is 27.2 Å². The molecule has 1 aliphatic carbocycles. The van der Waals surface area contributed by atoms with E-state index in [1.54, 1.807) is 20.9 Å². The maximum Gasteiger partial charge on any atom is 0.127 e. The lowest BCUT2D eigenvalue weighted by Gasteiger charge is -2.29. The molecule has 2 N–H and O–H groups in total. The Bertz CT molecular complexity index is 360. The number of fused-ring (bicyclic) bond motifs is 1. The summed E-state index contributed by atoms with van der Waals surface area (Å²) in [5.41, 5.74) is 3.16. The SMILES string of the molecule is C[NH+](C)CC[NH+](C)[C@H]1CCc2ccccc2C1. The standard InChI is InChI=1S/C15H24N2/c1-16(2)10-11-17(3)15-9-8-13-6-4-5-7-14(13)12-15/h4-7,15H,8-12H2,1-3H3/p+2/t15-/m0/s1. The van der Waals surface area contributed by atoms with Crippen LogP contribution in [0.1, 0.15) is 17.5 Å². The Labute approximate surface area is 105 Å². The van der Waals surface area contributed by atoms with E-state index in [9.17, 15) is 0 Å². The van der Waals surface area contributed by atoms with Crippen molar-refractivity contribution in [3.05, 3.63) is 35.4 Å². The van der Waals surface area contributed by atoms with Crippen molar-refractivity contribution in [2.45, 2.75) is 25.3 Å². The van der Waals surface area contributed by atoms with Crippen molar-refractivity contribution in [2.24, 2.45) is 0 Å².